The molecule has 134 valence electrons. The van der Waals surface area contributed by atoms with Crippen LogP contribution in [0.3, 0.4) is 0 Å². The lowest BCUT2D eigenvalue weighted by Gasteiger charge is -1.99. The van der Waals surface area contributed by atoms with E-state index in [2.05, 4.69) is 0 Å². The largest absolute Gasteiger partial charge is 0.507 e. The average Bonchev–Trinajstić information content (AvgIpc) is 2.60. The van der Waals surface area contributed by atoms with E-state index < -0.39 is 9.85 Å². The minimum Gasteiger partial charge on any atom is -0.507 e. The fourth-order valence-electron chi connectivity index (χ4n) is 2.19. The van der Waals surface area contributed by atoms with Crippen molar-refractivity contribution in [3.05, 3.63) is 79.9 Å². The van der Waals surface area contributed by atoms with Crippen molar-refractivity contribution >= 4 is 23.5 Å². The summed E-state index contributed by atoms with van der Waals surface area (Å²) in [5, 5.41) is 40.9. The minimum atomic E-state index is -0.537. The lowest BCUT2D eigenvalue weighted by Crippen LogP contribution is -1.88. The van der Waals surface area contributed by atoms with Crippen LogP contribution >= 0.6 is 0 Å². The zero-order valence-electron chi connectivity index (χ0n) is 13.6. The molecule has 0 aliphatic carbocycles. The van der Waals surface area contributed by atoms with Gasteiger partial charge < -0.3 is 10.2 Å². The monoisotopic (exact) mass is 356 g/mol. The summed E-state index contributed by atoms with van der Waals surface area (Å²) in [6.45, 7) is 0. The van der Waals surface area contributed by atoms with Gasteiger partial charge in [-0.15, -0.1) is 0 Å². The zero-order chi connectivity index (χ0) is 19.1. The Kier molecular flexibility index (Phi) is 6.05. The van der Waals surface area contributed by atoms with Gasteiger partial charge in [-0.1, -0.05) is 24.3 Å². The third kappa shape index (κ3) is 4.91. The average molecular weight is 356 g/mol. The van der Waals surface area contributed by atoms with E-state index in [1.165, 1.54) is 36.4 Å². The number of nitro benzene ring substituents is 2. The fraction of sp³-hybridized carbons (Fsp3) is 0.111. The van der Waals surface area contributed by atoms with Crippen LogP contribution < -0.4 is 0 Å². The summed E-state index contributed by atoms with van der Waals surface area (Å²) in [6, 6.07) is 7.54. The number of nitrogens with zero attached hydrogens (tertiary/aromatic N) is 2. The maximum atomic E-state index is 10.7. The van der Waals surface area contributed by atoms with Crippen molar-refractivity contribution in [1.82, 2.24) is 0 Å². The van der Waals surface area contributed by atoms with Crippen LogP contribution in [0.1, 0.15) is 24.0 Å². The van der Waals surface area contributed by atoms with E-state index in [9.17, 15) is 30.4 Å². The SMILES string of the molecule is O=[N+]([O-])c1ccc(O)c(/C=C/CC/C=C/c2cc([N+](=O)[O-])ccc2O)c1. The van der Waals surface area contributed by atoms with E-state index >= 15 is 0 Å². The van der Waals surface area contributed by atoms with Gasteiger partial charge in [-0.05, 0) is 25.0 Å². The van der Waals surface area contributed by atoms with Gasteiger partial charge in [-0.3, -0.25) is 20.2 Å². The number of hydrogen-bond acceptors (Lipinski definition) is 6. The summed E-state index contributed by atoms with van der Waals surface area (Å²) in [5.41, 5.74) is 0.478. The van der Waals surface area contributed by atoms with E-state index in [0.717, 1.165) is 0 Å². The Morgan fingerprint density at radius 3 is 1.50 bits per heavy atom. The van der Waals surface area contributed by atoms with Crippen LogP contribution in [0, 0.1) is 20.2 Å². The number of non-ortho nitro benzene ring substituents is 2. The lowest BCUT2D eigenvalue weighted by atomic mass is 10.1. The highest BCUT2D eigenvalue weighted by Crippen LogP contribution is 2.25. The van der Waals surface area contributed by atoms with E-state index in [4.69, 9.17) is 0 Å². The smallest absolute Gasteiger partial charge is 0.270 e. The van der Waals surface area contributed by atoms with Gasteiger partial charge in [0.05, 0.1) is 9.85 Å². The Morgan fingerprint density at radius 1 is 0.769 bits per heavy atom. The van der Waals surface area contributed by atoms with Gasteiger partial charge in [0.25, 0.3) is 11.4 Å². The predicted octanol–water partition coefficient (Wildman–Crippen LogP) is 4.42. The van der Waals surface area contributed by atoms with E-state index in [1.54, 1.807) is 24.3 Å². The first-order valence-corrected chi connectivity index (χ1v) is 7.66. The van der Waals surface area contributed by atoms with Gasteiger partial charge >= 0.3 is 0 Å². The molecule has 2 N–H and O–H groups in total. The molecule has 0 heterocycles. The zero-order valence-corrected chi connectivity index (χ0v) is 13.6. The number of aromatic hydroxyl groups is 2. The Bertz CT molecular complexity index is 816. The van der Waals surface area contributed by atoms with Crippen molar-refractivity contribution in [1.29, 1.82) is 0 Å². The molecule has 0 unspecified atom stereocenters. The number of phenols is 2. The number of benzene rings is 2. The number of unbranched alkanes of at least 4 members (excludes halogenated alkanes) is 1. The Hall–Kier alpha value is -3.68. The molecule has 0 aliphatic rings. The van der Waals surface area contributed by atoms with Gasteiger partial charge in [0.1, 0.15) is 11.5 Å². The summed E-state index contributed by atoms with van der Waals surface area (Å²) in [6.07, 6.45) is 7.82. The maximum absolute atomic E-state index is 10.7. The quantitative estimate of drug-likeness (QED) is 0.429. The predicted molar refractivity (Wildman–Crippen MR) is 96.8 cm³/mol. The summed E-state index contributed by atoms with van der Waals surface area (Å²) in [7, 11) is 0. The second-order valence-corrected chi connectivity index (χ2v) is 5.38. The number of phenolic OH excluding ortho intramolecular Hbond substituents is 2. The van der Waals surface area contributed by atoms with Crippen LogP contribution in [0.15, 0.2) is 48.6 Å². The normalized spacial score (nSPS) is 11.2. The maximum Gasteiger partial charge on any atom is 0.270 e. The first kappa shape index (κ1) is 18.7. The second-order valence-electron chi connectivity index (χ2n) is 5.38. The highest BCUT2D eigenvalue weighted by Gasteiger charge is 2.08. The molecule has 8 heteroatoms. The van der Waals surface area contributed by atoms with Crippen LogP contribution in [0.25, 0.3) is 12.2 Å². The molecule has 0 radical (unpaired) electrons. The molecular formula is C18H16N2O6. The van der Waals surface area contributed by atoms with Gasteiger partial charge in [0.2, 0.25) is 0 Å². The van der Waals surface area contributed by atoms with Crippen LogP contribution in [-0.2, 0) is 0 Å². The molecule has 0 saturated carbocycles. The van der Waals surface area contributed by atoms with Gasteiger partial charge in [0, 0.05) is 35.4 Å². The molecule has 2 rings (SSSR count). The van der Waals surface area contributed by atoms with Crippen molar-refractivity contribution < 1.29 is 20.1 Å². The van der Waals surface area contributed by atoms with Crippen molar-refractivity contribution in [3.63, 3.8) is 0 Å². The molecule has 0 aromatic heterocycles. The lowest BCUT2D eigenvalue weighted by molar-refractivity contribution is -0.385. The van der Waals surface area contributed by atoms with Crippen LogP contribution in [0.4, 0.5) is 11.4 Å². The molecule has 0 saturated heterocycles. The number of allylic oxidation sites excluding steroid dienone is 2. The van der Waals surface area contributed by atoms with Crippen molar-refractivity contribution in [2.24, 2.45) is 0 Å². The highest BCUT2D eigenvalue weighted by atomic mass is 16.6. The summed E-state index contributed by atoms with van der Waals surface area (Å²) >= 11 is 0. The fourth-order valence-corrected chi connectivity index (χ4v) is 2.19. The Morgan fingerprint density at radius 2 is 1.15 bits per heavy atom. The minimum absolute atomic E-state index is 0.0519. The summed E-state index contributed by atoms with van der Waals surface area (Å²) < 4.78 is 0. The molecule has 2 aromatic rings. The second kappa shape index (κ2) is 8.43. The van der Waals surface area contributed by atoms with E-state index in [-0.39, 0.29) is 22.9 Å². The third-order valence-corrected chi connectivity index (χ3v) is 3.54. The number of nitro groups is 2. The van der Waals surface area contributed by atoms with Crippen molar-refractivity contribution in [2.45, 2.75) is 12.8 Å². The Labute approximate surface area is 148 Å². The molecule has 2 aromatic carbocycles. The molecule has 8 nitrogen and oxygen atoms in total. The van der Waals surface area contributed by atoms with Crippen LogP contribution in [-0.4, -0.2) is 20.1 Å². The molecule has 26 heavy (non-hydrogen) atoms. The van der Waals surface area contributed by atoms with Crippen molar-refractivity contribution in [3.8, 4) is 11.5 Å². The summed E-state index contributed by atoms with van der Waals surface area (Å²) in [4.78, 5) is 20.4. The van der Waals surface area contributed by atoms with E-state index in [1.807, 2.05) is 0 Å². The van der Waals surface area contributed by atoms with Crippen LogP contribution in [0.5, 0.6) is 11.5 Å². The molecule has 0 atom stereocenters. The number of rotatable bonds is 7. The molecule has 0 aliphatic heterocycles. The van der Waals surface area contributed by atoms with Crippen molar-refractivity contribution in [2.75, 3.05) is 0 Å². The van der Waals surface area contributed by atoms with Crippen LogP contribution in [0.2, 0.25) is 0 Å². The topological polar surface area (TPSA) is 127 Å². The van der Waals surface area contributed by atoms with E-state index in [0.29, 0.717) is 24.0 Å². The number of hydrogen-bond donors (Lipinski definition) is 2. The first-order valence-electron chi connectivity index (χ1n) is 7.66. The summed E-state index contributed by atoms with van der Waals surface area (Å²) in [5.74, 6) is -0.104. The highest BCUT2D eigenvalue weighted by molar-refractivity contribution is 5.61. The van der Waals surface area contributed by atoms with Gasteiger partial charge in [-0.25, -0.2) is 0 Å². The first-order chi connectivity index (χ1) is 12.4. The molecule has 0 amide bonds. The molecule has 0 fully saturated rings. The Balaban J connectivity index is 1.97. The standard InChI is InChI=1S/C18H16N2O6/c21-17-9-7-15(19(23)24)11-13(17)5-3-1-2-4-6-14-12-16(20(25)26)8-10-18(14)22/h3-12,21-22H,1-2H2/b5-3+,6-4+. The third-order valence-electron chi connectivity index (χ3n) is 3.54. The molecular weight excluding hydrogens is 340 g/mol. The van der Waals surface area contributed by atoms with Gasteiger partial charge in [0.15, 0.2) is 0 Å². The van der Waals surface area contributed by atoms with Gasteiger partial charge in [-0.2, -0.15) is 0 Å². The molecule has 0 spiro atoms. The molecule has 0 bridgehead atoms.